The molecular formula is C36H43N5O9S. The molecule has 15 heteroatoms. The number of hydrogen-bond acceptors (Lipinski definition) is 14. The Balaban J connectivity index is 1.49. The number of carbonyl (C=O) groups excluding carboxylic acids is 3. The van der Waals surface area contributed by atoms with Crippen LogP contribution in [-0.4, -0.2) is 96.3 Å². The Morgan fingerprint density at radius 3 is 2.55 bits per heavy atom. The number of hydrogen-bond donors (Lipinski definition) is 3. The summed E-state index contributed by atoms with van der Waals surface area (Å²) in [5.74, 6) is -0.200. The number of piperazine rings is 1. The van der Waals surface area contributed by atoms with Crippen molar-refractivity contribution in [1.29, 1.82) is 5.26 Å². The average Bonchev–Trinajstić information content (AvgIpc) is 3.57. The smallest absolute Gasteiger partial charge is 0.329 e. The second kappa shape index (κ2) is 13.1. The lowest BCUT2D eigenvalue weighted by molar-refractivity contribution is -0.152. The van der Waals surface area contributed by atoms with Crippen LogP contribution in [0, 0.1) is 31.1 Å². The zero-order valence-electron chi connectivity index (χ0n) is 29.6. The molecule has 2 aromatic rings. The van der Waals surface area contributed by atoms with Crippen molar-refractivity contribution in [3.8, 4) is 34.8 Å². The number of phenolic OH excluding ortho intramolecular Hbond substituents is 1. The first-order valence-electron chi connectivity index (χ1n) is 17.1. The van der Waals surface area contributed by atoms with Crippen LogP contribution in [0.2, 0.25) is 0 Å². The van der Waals surface area contributed by atoms with E-state index < -0.39 is 59.3 Å². The second-order valence-electron chi connectivity index (χ2n) is 14.2. The van der Waals surface area contributed by atoms with E-state index in [0.717, 1.165) is 11.1 Å². The molecule has 8 atom stereocenters. The number of nitriles is 1. The van der Waals surface area contributed by atoms with Crippen LogP contribution in [0.25, 0.3) is 0 Å². The average molecular weight is 722 g/mol. The van der Waals surface area contributed by atoms with Gasteiger partial charge in [-0.25, -0.2) is 4.79 Å². The summed E-state index contributed by atoms with van der Waals surface area (Å²) >= 11 is 1.37. The van der Waals surface area contributed by atoms with Gasteiger partial charge in [0.05, 0.1) is 36.6 Å². The van der Waals surface area contributed by atoms with Gasteiger partial charge < -0.3 is 39.8 Å². The first-order chi connectivity index (χ1) is 24.3. The van der Waals surface area contributed by atoms with Crippen molar-refractivity contribution in [2.75, 3.05) is 33.3 Å². The summed E-state index contributed by atoms with van der Waals surface area (Å²) in [5.41, 5.74) is 10.4. The van der Waals surface area contributed by atoms with Gasteiger partial charge in [0, 0.05) is 47.0 Å². The molecule has 2 fully saturated rings. The van der Waals surface area contributed by atoms with Gasteiger partial charge in [-0.1, -0.05) is 19.9 Å². The first-order valence-corrected chi connectivity index (χ1v) is 18.1. The molecule has 0 spiro atoms. The molecular weight excluding hydrogens is 678 g/mol. The number of nitrogens with zero attached hydrogens (tertiary/aromatic N) is 3. The monoisotopic (exact) mass is 721 g/mol. The summed E-state index contributed by atoms with van der Waals surface area (Å²) in [5, 5.41) is 25.1. The fourth-order valence-electron chi connectivity index (χ4n) is 8.64. The van der Waals surface area contributed by atoms with Crippen LogP contribution >= 0.6 is 11.8 Å². The summed E-state index contributed by atoms with van der Waals surface area (Å²) < 4.78 is 29.8. The number of aryl methyl sites for hydroxylation is 1. The molecule has 7 rings (SSSR count). The third kappa shape index (κ3) is 5.37. The molecule has 51 heavy (non-hydrogen) atoms. The Labute approximate surface area is 300 Å². The highest BCUT2D eigenvalue weighted by Crippen LogP contribution is 2.64. The molecule has 272 valence electrons. The number of cyclic esters (lactones) is 1. The molecule has 0 saturated carbocycles. The topological polar surface area (TPSA) is 186 Å². The number of rotatable bonds is 5. The number of thioether (sulfide) groups is 1. The predicted octanol–water partition coefficient (Wildman–Crippen LogP) is 2.70. The number of benzene rings is 2. The van der Waals surface area contributed by atoms with Crippen LogP contribution in [0.5, 0.6) is 28.7 Å². The maximum atomic E-state index is 13.8. The maximum absolute atomic E-state index is 13.8. The standard InChI is InChI=1S/C36H43N5O9S/c1-14(2)26(38)35(44)39-19-12-51-34-25-24(33-32(48-13-49-33)16(4)31(25)50-17(5)42)22(11-47-36(19)45)41-21(10-37)20-9-18-8-15(3)30(46-7)29(43)23(18)27(28(34)41)40(20)6/h8,14,19-22,26-28,34,43H,9,11-13,38H2,1-7H3,(H,39,44)/t19-,20-,21-,22-,26?,27+,28?,34+/m0/s1. The summed E-state index contributed by atoms with van der Waals surface area (Å²) in [6, 6.07) is -0.0689. The molecule has 1 amide bonds. The van der Waals surface area contributed by atoms with Crippen LogP contribution < -0.4 is 30.0 Å². The number of phenols is 1. The number of nitrogens with one attached hydrogen (secondary N) is 1. The molecule has 5 aliphatic rings. The van der Waals surface area contributed by atoms with E-state index in [1.807, 2.05) is 33.9 Å². The number of nitrogens with two attached hydrogens (primary N) is 1. The molecule has 0 aromatic heterocycles. The Kier molecular flexibility index (Phi) is 9.02. The molecule has 14 nitrogen and oxygen atoms in total. The van der Waals surface area contributed by atoms with Crippen LogP contribution in [0.3, 0.4) is 0 Å². The molecule has 5 heterocycles. The fourth-order valence-corrected chi connectivity index (χ4v) is 10.1. The van der Waals surface area contributed by atoms with E-state index in [0.29, 0.717) is 51.7 Å². The maximum Gasteiger partial charge on any atom is 0.329 e. The molecule has 5 aliphatic heterocycles. The van der Waals surface area contributed by atoms with E-state index in [1.54, 1.807) is 6.92 Å². The minimum absolute atomic E-state index is 0.0256. The van der Waals surface area contributed by atoms with Gasteiger partial charge in [-0.2, -0.15) is 5.26 Å². The number of ether oxygens (including phenoxy) is 5. The summed E-state index contributed by atoms with van der Waals surface area (Å²) in [6.07, 6.45) is 0.480. The lowest BCUT2D eigenvalue weighted by atomic mass is 9.71. The number of aromatic hydroxyl groups is 1. The molecule has 2 saturated heterocycles. The summed E-state index contributed by atoms with van der Waals surface area (Å²) in [4.78, 5) is 43.9. The predicted molar refractivity (Wildman–Crippen MR) is 185 cm³/mol. The van der Waals surface area contributed by atoms with E-state index in [4.69, 9.17) is 29.4 Å². The molecule has 4 bridgehead atoms. The van der Waals surface area contributed by atoms with E-state index in [-0.39, 0.29) is 36.9 Å². The van der Waals surface area contributed by atoms with Crippen molar-refractivity contribution in [3.63, 3.8) is 0 Å². The first kappa shape index (κ1) is 35.2. The number of amides is 1. The lowest BCUT2D eigenvalue weighted by Crippen LogP contribution is -2.69. The quantitative estimate of drug-likeness (QED) is 0.302. The van der Waals surface area contributed by atoms with Crippen LogP contribution in [-0.2, 0) is 25.5 Å². The van der Waals surface area contributed by atoms with Crippen molar-refractivity contribution >= 4 is 29.6 Å². The van der Waals surface area contributed by atoms with Crippen molar-refractivity contribution in [3.05, 3.63) is 39.4 Å². The van der Waals surface area contributed by atoms with Gasteiger partial charge >= 0.3 is 11.9 Å². The zero-order chi connectivity index (χ0) is 36.6. The number of methoxy groups -OCH3 is 1. The molecule has 0 aliphatic carbocycles. The highest BCUT2D eigenvalue weighted by molar-refractivity contribution is 7.99. The minimum Gasteiger partial charge on any atom is -0.504 e. The van der Waals surface area contributed by atoms with E-state index in [2.05, 4.69) is 21.2 Å². The normalized spacial score (nSPS) is 28.5. The van der Waals surface area contributed by atoms with E-state index in [9.17, 15) is 24.8 Å². The number of esters is 2. The highest BCUT2D eigenvalue weighted by atomic mass is 32.2. The molecule has 2 aromatic carbocycles. The zero-order valence-corrected chi connectivity index (χ0v) is 30.5. The Morgan fingerprint density at radius 1 is 1.16 bits per heavy atom. The molecule has 0 radical (unpaired) electrons. The van der Waals surface area contributed by atoms with Crippen molar-refractivity contribution in [2.45, 2.75) is 88.6 Å². The van der Waals surface area contributed by atoms with Crippen molar-refractivity contribution < 1.29 is 43.2 Å². The summed E-state index contributed by atoms with van der Waals surface area (Å²) in [7, 11) is 3.48. The fraction of sp³-hybridized carbons (Fsp3) is 0.556. The minimum atomic E-state index is -1.05. The largest absolute Gasteiger partial charge is 0.504 e. The van der Waals surface area contributed by atoms with Gasteiger partial charge in [0.1, 0.15) is 24.4 Å². The van der Waals surface area contributed by atoms with Gasteiger partial charge in [-0.3, -0.25) is 19.4 Å². The van der Waals surface area contributed by atoms with Crippen molar-refractivity contribution in [2.24, 2.45) is 11.7 Å². The van der Waals surface area contributed by atoms with Crippen LogP contribution in [0.4, 0.5) is 0 Å². The van der Waals surface area contributed by atoms with Gasteiger partial charge in [0.15, 0.2) is 23.0 Å². The van der Waals surface area contributed by atoms with Gasteiger partial charge in [0.25, 0.3) is 0 Å². The van der Waals surface area contributed by atoms with E-state index in [1.165, 1.54) is 25.8 Å². The highest BCUT2D eigenvalue weighted by Gasteiger charge is 2.60. The Morgan fingerprint density at radius 2 is 1.88 bits per heavy atom. The van der Waals surface area contributed by atoms with Gasteiger partial charge in [-0.15, -0.1) is 11.8 Å². The molecule has 4 N–H and O–H groups in total. The Bertz CT molecular complexity index is 1860. The molecule has 2 unspecified atom stereocenters. The third-order valence-electron chi connectivity index (χ3n) is 11.0. The third-order valence-corrected chi connectivity index (χ3v) is 12.4. The number of likely N-dealkylation sites (N-methyl/N-ethyl adjacent to an activating group) is 1. The number of fused-ring (bicyclic) bond motifs is 9. The SMILES string of the molecule is COc1c(C)cc2c(c1O)[C@@H]1C3[C@@H]4SC[C@H](NC(=O)C(N)C(C)C)C(=O)OC[C@@H](c5c6c(c(C)c(OC(C)=O)c54)OCO6)N3[C@@H](C#N)[C@H](C2)N1C. The number of carbonyl (C=O) groups is 3. The Hall–Kier alpha value is -4.23. The van der Waals surface area contributed by atoms with Crippen molar-refractivity contribution in [1.82, 2.24) is 15.1 Å². The summed E-state index contributed by atoms with van der Waals surface area (Å²) in [6.45, 7) is 8.37. The van der Waals surface area contributed by atoms with Gasteiger partial charge in [0.2, 0.25) is 12.7 Å². The second-order valence-corrected chi connectivity index (χ2v) is 15.4. The lowest BCUT2D eigenvalue weighted by Gasteiger charge is -2.61. The van der Waals surface area contributed by atoms with E-state index >= 15 is 0 Å². The van der Waals surface area contributed by atoms with Gasteiger partial charge in [-0.05, 0) is 44.4 Å². The van der Waals surface area contributed by atoms with Crippen LogP contribution in [0.1, 0.15) is 71.5 Å². The van der Waals surface area contributed by atoms with Crippen LogP contribution in [0.15, 0.2) is 6.07 Å².